The Hall–Kier alpha value is -2.68. The molecule has 9 nitrogen and oxygen atoms in total. The zero-order chi connectivity index (χ0) is 17.4. The van der Waals surface area contributed by atoms with Gasteiger partial charge in [0.1, 0.15) is 11.3 Å². The molecule has 0 fully saturated rings. The molecule has 0 aromatic carbocycles. The number of nitrogens with one attached hydrogen (secondary N) is 1. The predicted octanol–water partition coefficient (Wildman–Crippen LogP) is 0.190. The molecule has 0 radical (unpaired) electrons. The van der Waals surface area contributed by atoms with Gasteiger partial charge in [-0.2, -0.15) is 9.61 Å². The summed E-state index contributed by atoms with van der Waals surface area (Å²) in [5.41, 5.74) is 0.428. The topological polar surface area (TPSA) is 106 Å². The highest BCUT2D eigenvalue weighted by Gasteiger charge is 2.34. The molecule has 0 saturated carbocycles. The van der Waals surface area contributed by atoms with Crippen LogP contribution in [-0.2, 0) is 16.0 Å². The van der Waals surface area contributed by atoms with Crippen molar-refractivity contribution >= 4 is 17.5 Å². The molecule has 2 aromatic heterocycles. The normalized spacial score (nSPS) is 15.0. The van der Waals surface area contributed by atoms with E-state index in [2.05, 4.69) is 10.1 Å². The minimum atomic E-state index is -0.615. The summed E-state index contributed by atoms with van der Waals surface area (Å²) in [6.07, 6.45) is 0. The van der Waals surface area contributed by atoms with E-state index in [1.54, 1.807) is 18.9 Å². The predicted molar refractivity (Wildman–Crippen MR) is 83.0 cm³/mol. The molecular weight excluding hydrogens is 316 g/mol. The van der Waals surface area contributed by atoms with Crippen LogP contribution in [0.2, 0.25) is 0 Å². The van der Waals surface area contributed by atoms with E-state index in [0.717, 1.165) is 4.52 Å². The molecule has 0 aliphatic carbocycles. The van der Waals surface area contributed by atoms with Crippen molar-refractivity contribution in [3.8, 4) is 0 Å². The van der Waals surface area contributed by atoms with Crippen molar-refractivity contribution in [2.45, 2.75) is 26.4 Å². The van der Waals surface area contributed by atoms with Crippen LogP contribution < -0.4 is 5.56 Å². The van der Waals surface area contributed by atoms with E-state index < -0.39 is 11.5 Å². The number of methoxy groups -OCH3 is 1. The molecule has 1 aliphatic heterocycles. The Bertz CT molecular complexity index is 869. The van der Waals surface area contributed by atoms with Crippen molar-refractivity contribution in [1.82, 2.24) is 19.5 Å². The molecule has 3 rings (SSSR count). The highest BCUT2D eigenvalue weighted by molar-refractivity contribution is 5.97. The molecule has 9 heteroatoms. The van der Waals surface area contributed by atoms with E-state index in [4.69, 9.17) is 9.47 Å². The fourth-order valence-corrected chi connectivity index (χ4v) is 2.77. The summed E-state index contributed by atoms with van der Waals surface area (Å²) in [5.74, 6) is -0.885. The summed E-state index contributed by atoms with van der Waals surface area (Å²) >= 11 is 0. The van der Waals surface area contributed by atoms with Crippen molar-refractivity contribution in [3.63, 3.8) is 0 Å². The standard InChI is InChI=1S/C15H18N4O5/c1-4-24-15(22)10-5-11-16-12-9(13(20)19(11)17-10)6-18(14(12)21)8(2)7-23-3/h5,8,16H,4,6-7H2,1-3H3/t8-/m0/s1. The lowest BCUT2D eigenvalue weighted by Crippen LogP contribution is -2.36. The Morgan fingerprint density at radius 2 is 2.21 bits per heavy atom. The second kappa shape index (κ2) is 6.08. The number of carbonyl (C=O) groups is 2. The maximum Gasteiger partial charge on any atom is 0.358 e. The van der Waals surface area contributed by atoms with Gasteiger partial charge in [0.2, 0.25) is 0 Å². The average molecular weight is 334 g/mol. The van der Waals surface area contributed by atoms with Crippen LogP contribution in [0.5, 0.6) is 0 Å². The Labute approximate surface area is 137 Å². The zero-order valence-electron chi connectivity index (χ0n) is 13.7. The van der Waals surface area contributed by atoms with Gasteiger partial charge in [-0.3, -0.25) is 9.59 Å². The third-order valence-corrected chi connectivity index (χ3v) is 3.94. The van der Waals surface area contributed by atoms with E-state index in [1.165, 1.54) is 6.07 Å². The Morgan fingerprint density at radius 3 is 2.88 bits per heavy atom. The van der Waals surface area contributed by atoms with Crippen LogP contribution >= 0.6 is 0 Å². The maximum atomic E-state index is 12.6. The summed E-state index contributed by atoms with van der Waals surface area (Å²) in [7, 11) is 1.56. The highest BCUT2D eigenvalue weighted by Crippen LogP contribution is 2.21. The van der Waals surface area contributed by atoms with Crippen LogP contribution in [-0.4, -0.2) is 57.7 Å². The number of esters is 1. The molecule has 1 N–H and O–H groups in total. The third kappa shape index (κ3) is 2.46. The zero-order valence-corrected chi connectivity index (χ0v) is 13.7. The van der Waals surface area contributed by atoms with E-state index in [0.29, 0.717) is 12.2 Å². The summed E-state index contributed by atoms with van der Waals surface area (Å²) in [4.78, 5) is 41.4. The van der Waals surface area contributed by atoms with E-state index in [9.17, 15) is 14.4 Å². The van der Waals surface area contributed by atoms with Gasteiger partial charge in [-0.1, -0.05) is 0 Å². The lowest BCUT2D eigenvalue weighted by atomic mass is 10.2. The van der Waals surface area contributed by atoms with Gasteiger partial charge in [0.05, 0.1) is 31.4 Å². The van der Waals surface area contributed by atoms with Gasteiger partial charge in [-0.15, -0.1) is 0 Å². The van der Waals surface area contributed by atoms with Crippen LogP contribution in [0.25, 0.3) is 5.65 Å². The van der Waals surface area contributed by atoms with Crippen molar-refractivity contribution in [1.29, 1.82) is 0 Å². The second-order valence-electron chi connectivity index (χ2n) is 5.57. The number of fused-ring (bicyclic) bond motifs is 2. The molecule has 3 heterocycles. The van der Waals surface area contributed by atoms with Crippen molar-refractivity contribution in [2.24, 2.45) is 0 Å². The van der Waals surface area contributed by atoms with Crippen molar-refractivity contribution in [2.75, 3.05) is 20.3 Å². The third-order valence-electron chi connectivity index (χ3n) is 3.94. The smallest absolute Gasteiger partial charge is 0.358 e. The molecular formula is C15H18N4O5. The minimum Gasteiger partial charge on any atom is -0.461 e. The fourth-order valence-electron chi connectivity index (χ4n) is 2.77. The minimum absolute atomic E-state index is 0.0194. The van der Waals surface area contributed by atoms with E-state index in [-0.39, 0.29) is 42.1 Å². The van der Waals surface area contributed by atoms with Gasteiger partial charge in [-0.25, -0.2) is 4.79 Å². The molecule has 24 heavy (non-hydrogen) atoms. The molecule has 1 atom stereocenters. The number of ether oxygens (including phenoxy) is 2. The number of carbonyl (C=O) groups excluding carboxylic acids is 2. The maximum absolute atomic E-state index is 12.6. The fraction of sp³-hybridized carbons (Fsp3) is 0.467. The summed E-state index contributed by atoms with van der Waals surface area (Å²) in [6.45, 7) is 4.29. The first-order valence-corrected chi connectivity index (χ1v) is 7.59. The Morgan fingerprint density at radius 1 is 1.46 bits per heavy atom. The first-order valence-electron chi connectivity index (χ1n) is 7.59. The van der Waals surface area contributed by atoms with Gasteiger partial charge in [0, 0.05) is 13.2 Å². The monoisotopic (exact) mass is 334 g/mol. The number of hydrogen-bond acceptors (Lipinski definition) is 6. The quantitative estimate of drug-likeness (QED) is 0.783. The lowest BCUT2D eigenvalue weighted by molar-refractivity contribution is 0.0518. The van der Waals surface area contributed by atoms with Crippen LogP contribution in [0.15, 0.2) is 10.9 Å². The summed E-state index contributed by atoms with van der Waals surface area (Å²) in [6, 6.07) is 1.24. The second-order valence-corrected chi connectivity index (χ2v) is 5.57. The molecule has 0 unspecified atom stereocenters. The Kier molecular flexibility index (Phi) is 4.10. The van der Waals surface area contributed by atoms with Gasteiger partial charge in [-0.05, 0) is 13.8 Å². The van der Waals surface area contributed by atoms with Crippen molar-refractivity contribution < 1.29 is 19.1 Å². The number of aromatic nitrogens is 3. The van der Waals surface area contributed by atoms with Crippen LogP contribution in [0.3, 0.4) is 0 Å². The van der Waals surface area contributed by atoms with Gasteiger partial charge in [0.25, 0.3) is 11.5 Å². The van der Waals surface area contributed by atoms with E-state index in [1.807, 2.05) is 6.92 Å². The van der Waals surface area contributed by atoms with Gasteiger partial charge >= 0.3 is 5.97 Å². The van der Waals surface area contributed by atoms with Gasteiger partial charge in [0.15, 0.2) is 5.69 Å². The summed E-state index contributed by atoms with van der Waals surface area (Å²) in [5, 5.41) is 3.98. The number of aromatic amines is 1. The van der Waals surface area contributed by atoms with Gasteiger partial charge < -0.3 is 19.4 Å². The number of nitrogens with zero attached hydrogens (tertiary/aromatic N) is 3. The first kappa shape index (κ1) is 16.2. The molecule has 0 spiro atoms. The summed E-state index contributed by atoms with van der Waals surface area (Å²) < 4.78 is 11.0. The molecule has 128 valence electrons. The number of hydrogen-bond donors (Lipinski definition) is 1. The van der Waals surface area contributed by atoms with Crippen molar-refractivity contribution in [3.05, 3.63) is 33.4 Å². The largest absolute Gasteiger partial charge is 0.461 e. The lowest BCUT2D eigenvalue weighted by Gasteiger charge is -2.22. The highest BCUT2D eigenvalue weighted by atomic mass is 16.5. The molecule has 0 saturated heterocycles. The van der Waals surface area contributed by atoms with E-state index >= 15 is 0 Å². The van der Waals surface area contributed by atoms with Crippen LogP contribution in [0.4, 0.5) is 0 Å². The van der Waals surface area contributed by atoms with Crippen LogP contribution in [0, 0.1) is 0 Å². The number of rotatable bonds is 5. The van der Waals surface area contributed by atoms with Crippen LogP contribution in [0.1, 0.15) is 40.4 Å². The molecule has 1 amide bonds. The Balaban J connectivity index is 2.03. The molecule has 0 bridgehead atoms. The number of amides is 1. The SMILES string of the molecule is CCOC(=O)c1cc2[nH]c3c(c(=O)n2n1)CN([C@@H](C)COC)C3=O. The molecule has 1 aliphatic rings. The first-order chi connectivity index (χ1) is 11.5. The number of H-pyrrole nitrogens is 1. The average Bonchev–Trinajstić information content (AvgIpc) is 3.11. The molecule has 2 aromatic rings.